The van der Waals surface area contributed by atoms with Crippen molar-refractivity contribution in [2.24, 2.45) is 0 Å². The second-order valence-electron chi connectivity index (χ2n) is 7.42. The van der Waals surface area contributed by atoms with Crippen LogP contribution in [-0.4, -0.2) is 61.6 Å². The summed E-state index contributed by atoms with van der Waals surface area (Å²) >= 11 is 1.76. The maximum absolute atomic E-state index is 13.0. The smallest absolute Gasteiger partial charge is 0.237 e. The lowest BCUT2D eigenvalue weighted by atomic mass is 10.2. The van der Waals surface area contributed by atoms with Gasteiger partial charge in [-0.1, -0.05) is 18.2 Å². The predicted octanol–water partition coefficient (Wildman–Crippen LogP) is 3.63. The average molecular weight is 400 g/mol. The third kappa shape index (κ3) is 4.18. The molecule has 2 fully saturated rings. The number of hydrogen-bond acceptors (Lipinski definition) is 5. The number of rotatable bonds is 6. The molecular formula is C22H29N3O2S. The Morgan fingerprint density at radius 2 is 1.93 bits per heavy atom. The van der Waals surface area contributed by atoms with Crippen molar-refractivity contribution >= 4 is 22.9 Å². The van der Waals surface area contributed by atoms with E-state index in [0.29, 0.717) is 13.2 Å². The largest absolute Gasteiger partial charge is 0.492 e. The number of ether oxygens (including phenoxy) is 1. The molecule has 0 spiro atoms. The third-order valence-corrected chi connectivity index (χ3v) is 6.66. The molecule has 0 N–H and O–H groups in total. The molecule has 0 aliphatic carbocycles. The van der Waals surface area contributed by atoms with Crippen LogP contribution in [0.15, 0.2) is 41.8 Å². The molecule has 0 saturated carbocycles. The normalized spacial score (nSPS) is 20.5. The monoisotopic (exact) mass is 399 g/mol. The van der Waals surface area contributed by atoms with E-state index in [2.05, 4.69) is 44.3 Å². The minimum Gasteiger partial charge on any atom is -0.492 e. The maximum atomic E-state index is 13.0. The first-order valence-electron chi connectivity index (χ1n) is 10.3. The van der Waals surface area contributed by atoms with E-state index in [-0.39, 0.29) is 11.9 Å². The van der Waals surface area contributed by atoms with Gasteiger partial charge in [-0.2, -0.15) is 0 Å². The van der Waals surface area contributed by atoms with Crippen molar-refractivity contribution in [3.8, 4) is 5.75 Å². The molecule has 2 aliphatic rings. The van der Waals surface area contributed by atoms with E-state index >= 15 is 0 Å². The highest BCUT2D eigenvalue weighted by atomic mass is 32.1. The van der Waals surface area contributed by atoms with Gasteiger partial charge in [-0.05, 0) is 43.3 Å². The number of anilines is 1. The van der Waals surface area contributed by atoms with Crippen LogP contribution in [0.3, 0.4) is 0 Å². The van der Waals surface area contributed by atoms with Gasteiger partial charge in [0.2, 0.25) is 5.91 Å². The lowest BCUT2D eigenvalue weighted by Crippen LogP contribution is -2.50. The van der Waals surface area contributed by atoms with Gasteiger partial charge in [-0.3, -0.25) is 9.69 Å². The summed E-state index contributed by atoms with van der Waals surface area (Å²) in [7, 11) is 0. The van der Waals surface area contributed by atoms with E-state index in [1.54, 1.807) is 11.3 Å². The Balaban J connectivity index is 1.33. The van der Waals surface area contributed by atoms with Crippen LogP contribution in [0.4, 0.5) is 5.69 Å². The highest BCUT2D eigenvalue weighted by Crippen LogP contribution is 2.34. The minimum absolute atomic E-state index is 0.277. The number of carbonyl (C=O) groups is 1. The quantitative estimate of drug-likeness (QED) is 0.743. The summed E-state index contributed by atoms with van der Waals surface area (Å²) in [6.07, 6.45) is 2.20. The molecule has 2 aliphatic heterocycles. The zero-order chi connectivity index (χ0) is 19.3. The lowest BCUT2D eigenvalue weighted by molar-refractivity contribution is -0.133. The van der Waals surface area contributed by atoms with Crippen LogP contribution in [0.1, 0.15) is 30.7 Å². The Morgan fingerprint density at radius 1 is 1.11 bits per heavy atom. The molecule has 1 unspecified atom stereocenters. The Kier molecular flexibility index (Phi) is 6.17. The standard InChI is InChI=1S/C22H29N3O2S/c1-2-27-20-9-4-3-7-18(20)24-14-12-23(13-15-24)17-22(26)25-11-5-8-19(25)21-10-6-16-28-21/h3-4,6-7,9-10,16,19H,2,5,8,11-15,17H2,1H3. The van der Waals surface area contributed by atoms with Crippen LogP contribution in [0, 0.1) is 0 Å². The van der Waals surface area contributed by atoms with Crippen LogP contribution in [0.5, 0.6) is 5.75 Å². The molecule has 1 aromatic carbocycles. The number of carbonyl (C=O) groups excluding carboxylic acids is 1. The second-order valence-corrected chi connectivity index (χ2v) is 8.40. The Morgan fingerprint density at radius 3 is 2.68 bits per heavy atom. The Bertz CT molecular complexity index is 772. The number of para-hydroxylation sites is 2. The van der Waals surface area contributed by atoms with Crippen molar-refractivity contribution in [2.75, 3.05) is 50.8 Å². The van der Waals surface area contributed by atoms with E-state index in [1.807, 2.05) is 19.1 Å². The van der Waals surface area contributed by atoms with Crippen molar-refractivity contribution in [3.05, 3.63) is 46.7 Å². The molecule has 2 saturated heterocycles. The van der Waals surface area contributed by atoms with Gasteiger partial charge in [-0.25, -0.2) is 0 Å². The van der Waals surface area contributed by atoms with E-state index < -0.39 is 0 Å². The number of hydrogen-bond donors (Lipinski definition) is 0. The average Bonchev–Trinajstić information content (AvgIpc) is 3.41. The maximum Gasteiger partial charge on any atom is 0.237 e. The Hall–Kier alpha value is -2.05. The number of likely N-dealkylation sites (tertiary alicyclic amines) is 1. The first-order valence-corrected chi connectivity index (χ1v) is 11.2. The summed E-state index contributed by atoms with van der Waals surface area (Å²) in [6, 6.07) is 12.8. The van der Waals surface area contributed by atoms with Gasteiger partial charge in [0.15, 0.2) is 0 Å². The van der Waals surface area contributed by atoms with Crippen molar-refractivity contribution in [1.29, 1.82) is 0 Å². The zero-order valence-corrected chi connectivity index (χ0v) is 17.4. The SMILES string of the molecule is CCOc1ccccc1N1CCN(CC(=O)N2CCCC2c2cccs2)CC1. The molecule has 5 nitrogen and oxygen atoms in total. The van der Waals surface area contributed by atoms with E-state index in [9.17, 15) is 4.79 Å². The lowest BCUT2D eigenvalue weighted by Gasteiger charge is -2.37. The van der Waals surface area contributed by atoms with Gasteiger partial charge < -0.3 is 14.5 Å². The van der Waals surface area contributed by atoms with Crippen LogP contribution < -0.4 is 9.64 Å². The fraction of sp³-hybridized carbons (Fsp3) is 0.500. The number of nitrogens with zero attached hydrogens (tertiary/aromatic N) is 3. The molecule has 1 aromatic heterocycles. The van der Waals surface area contributed by atoms with E-state index in [0.717, 1.165) is 57.0 Å². The van der Waals surface area contributed by atoms with Crippen molar-refractivity contribution in [3.63, 3.8) is 0 Å². The van der Waals surface area contributed by atoms with Gasteiger partial charge in [-0.15, -0.1) is 11.3 Å². The van der Waals surface area contributed by atoms with Gasteiger partial charge in [0.1, 0.15) is 5.75 Å². The molecule has 1 amide bonds. The molecule has 3 heterocycles. The molecule has 4 rings (SSSR count). The molecule has 6 heteroatoms. The van der Waals surface area contributed by atoms with Crippen LogP contribution in [0.25, 0.3) is 0 Å². The first-order chi connectivity index (χ1) is 13.8. The van der Waals surface area contributed by atoms with Crippen molar-refractivity contribution in [2.45, 2.75) is 25.8 Å². The molecule has 0 radical (unpaired) electrons. The fourth-order valence-electron chi connectivity index (χ4n) is 4.27. The predicted molar refractivity (Wildman–Crippen MR) is 114 cm³/mol. The van der Waals surface area contributed by atoms with Crippen LogP contribution in [-0.2, 0) is 4.79 Å². The number of piperazine rings is 1. The topological polar surface area (TPSA) is 36.0 Å². The van der Waals surface area contributed by atoms with Gasteiger partial charge in [0, 0.05) is 37.6 Å². The van der Waals surface area contributed by atoms with E-state index in [4.69, 9.17) is 4.74 Å². The summed E-state index contributed by atoms with van der Waals surface area (Å²) in [5.74, 6) is 1.23. The molecule has 28 heavy (non-hydrogen) atoms. The summed E-state index contributed by atoms with van der Waals surface area (Å²) in [5, 5.41) is 2.11. The summed E-state index contributed by atoms with van der Waals surface area (Å²) in [4.78, 5) is 21.1. The van der Waals surface area contributed by atoms with Gasteiger partial charge in [0.05, 0.1) is 24.9 Å². The summed E-state index contributed by atoms with van der Waals surface area (Å²) in [5.41, 5.74) is 1.16. The van der Waals surface area contributed by atoms with Crippen LogP contribution in [0.2, 0.25) is 0 Å². The number of thiophene rings is 1. The second kappa shape index (κ2) is 8.97. The summed E-state index contributed by atoms with van der Waals surface area (Å²) < 4.78 is 5.78. The Labute approximate surface area is 171 Å². The van der Waals surface area contributed by atoms with Crippen LogP contribution >= 0.6 is 11.3 Å². The molecule has 0 bridgehead atoms. The highest BCUT2D eigenvalue weighted by molar-refractivity contribution is 7.10. The number of benzene rings is 1. The molecule has 2 aromatic rings. The molecule has 150 valence electrons. The zero-order valence-electron chi connectivity index (χ0n) is 16.5. The fourth-order valence-corrected chi connectivity index (χ4v) is 5.14. The minimum atomic E-state index is 0.277. The third-order valence-electron chi connectivity index (χ3n) is 5.68. The molecular weight excluding hydrogens is 370 g/mol. The molecule has 1 atom stereocenters. The number of amides is 1. The van der Waals surface area contributed by atoms with Crippen molar-refractivity contribution < 1.29 is 9.53 Å². The van der Waals surface area contributed by atoms with Gasteiger partial charge in [0.25, 0.3) is 0 Å². The highest BCUT2D eigenvalue weighted by Gasteiger charge is 2.32. The van der Waals surface area contributed by atoms with E-state index in [1.165, 1.54) is 4.88 Å². The summed E-state index contributed by atoms with van der Waals surface area (Å²) in [6.45, 7) is 7.77. The van der Waals surface area contributed by atoms with Gasteiger partial charge >= 0.3 is 0 Å². The van der Waals surface area contributed by atoms with Crippen molar-refractivity contribution in [1.82, 2.24) is 9.80 Å². The first kappa shape index (κ1) is 19.3.